The van der Waals surface area contributed by atoms with Gasteiger partial charge >= 0.3 is 18.7 Å². The Morgan fingerprint density at radius 3 is 2.24 bits per heavy atom. The molecule has 1 atom stereocenters. The zero-order valence-corrected chi connectivity index (χ0v) is 19.3. The Kier molecular flexibility index (Phi) is 8.79. The number of rotatable bonds is 11. The number of aliphatic hydroxyl groups excluding tert-OH is 1. The molecule has 13 heteroatoms. The van der Waals surface area contributed by atoms with E-state index in [1.807, 2.05) is 13.0 Å². The van der Waals surface area contributed by atoms with Crippen LogP contribution in [-0.4, -0.2) is 46.4 Å². The van der Waals surface area contributed by atoms with Crippen LogP contribution < -0.4 is 14.4 Å². The highest BCUT2D eigenvalue weighted by molar-refractivity contribution is 5.38. The summed E-state index contributed by atoms with van der Waals surface area (Å²) >= 11 is 0. The van der Waals surface area contributed by atoms with Gasteiger partial charge < -0.3 is 19.5 Å². The van der Waals surface area contributed by atoms with Gasteiger partial charge in [0, 0.05) is 18.8 Å². The Labute approximate surface area is 207 Å². The Hall–Kier alpha value is -3.61. The predicted molar refractivity (Wildman–Crippen MR) is 119 cm³/mol. The SMILES string of the molecule is CCc1cccc(Oc2ccnc(N(Cc3cccc(OC(F)(F)C(F)F)c3)C[C@@H](O)C(F)(F)F)n2)c1. The van der Waals surface area contributed by atoms with Crippen molar-refractivity contribution < 1.29 is 45.3 Å². The molecule has 1 N–H and O–H groups in total. The van der Waals surface area contributed by atoms with Crippen LogP contribution in [0.4, 0.5) is 36.7 Å². The molecule has 0 saturated heterocycles. The van der Waals surface area contributed by atoms with Gasteiger partial charge in [0.05, 0.1) is 6.54 Å². The van der Waals surface area contributed by atoms with Gasteiger partial charge in [-0.05, 0) is 41.8 Å². The average molecular weight is 533 g/mol. The Balaban J connectivity index is 1.88. The van der Waals surface area contributed by atoms with Crippen molar-refractivity contribution in [1.29, 1.82) is 0 Å². The van der Waals surface area contributed by atoms with Gasteiger partial charge in [0.25, 0.3) is 0 Å². The molecular weight excluding hydrogens is 511 g/mol. The standard InChI is InChI=1S/C24H22F7N3O3/c1-2-15-5-3-7-17(11-15)36-20-9-10-32-22(33-20)34(14-19(35)23(27,28)29)13-16-6-4-8-18(12-16)37-24(30,31)21(25)26/h3-12,19,21,35H,2,13-14H2,1H3/t19-/m1/s1. The van der Waals surface area contributed by atoms with E-state index in [0.29, 0.717) is 5.75 Å². The second-order valence-corrected chi connectivity index (χ2v) is 7.85. The van der Waals surface area contributed by atoms with Gasteiger partial charge in [-0.3, -0.25) is 0 Å². The molecule has 200 valence electrons. The number of ether oxygens (including phenoxy) is 2. The number of aryl methyl sites for hydroxylation is 1. The van der Waals surface area contributed by atoms with Crippen molar-refractivity contribution in [3.8, 4) is 17.4 Å². The third kappa shape index (κ3) is 7.94. The lowest BCUT2D eigenvalue weighted by atomic mass is 10.2. The lowest BCUT2D eigenvalue weighted by Crippen LogP contribution is -2.41. The lowest BCUT2D eigenvalue weighted by molar-refractivity contribution is -0.253. The summed E-state index contributed by atoms with van der Waals surface area (Å²) < 4.78 is 101. The highest BCUT2D eigenvalue weighted by atomic mass is 19.4. The number of hydrogen-bond acceptors (Lipinski definition) is 6. The summed E-state index contributed by atoms with van der Waals surface area (Å²) in [5.41, 5.74) is 1.07. The minimum atomic E-state index is -4.97. The second kappa shape index (κ2) is 11.6. The fraction of sp³-hybridized carbons (Fsp3) is 0.333. The van der Waals surface area contributed by atoms with Crippen LogP contribution in [0.1, 0.15) is 18.1 Å². The molecule has 0 bridgehead atoms. The normalized spacial score (nSPS) is 12.9. The fourth-order valence-corrected chi connectivity index (χ4v) is 3.15. The second-order valence-electron chi connectivity index (χ2n) is 7.85. The summed E-state index contributed by atoms with van der Waals surface area (Å²) in [4.78, 5) is 9.02. The molecule has 0 unspecified atom stereocenters. The largest absolute Gasteiger partial charge is 0.461 e. The number of aromatic nitrogens is 2. The average Bonchev–Trinajstić information content (AvgIpc) is 2.83. The molecule has 0 fully saturated rings. The molecule has 37 heavy (non-hydrogen) atoms. The number of nitrogens with zero attached hydrogens (tertiary/aromatic N) is 3. The molecule has 2 aromatic carbocycles. The summed E-state index contributed by atoms with van der Waals surface area (Å²) in [6.45, 7) is 0.510. The van der Waals surface area contributed by atoms with Crippen LogP contribution in [-0.2, 0) is 13.0 Å². The van der Waals surface area contributed by atoms with Crippen LogP contribution in [0.3, 0.4) is 0 Å². The predicted octanol–water partition coefficient (Wildman–Crippen LogP) is 6.00. The zero-order chi connectivity index (χ0) is 27.2. The van der Waals surface area contributed by atoms with Crippen molar-refractivity contribution in [2.45, 2.75) is 44.7 Å². The Morgan fingerprint density at radius 1 is 0.946 bits per heavy atom. The maximum absolute atomic E-state index is 13.3. The highest BCUT2D eigenvalue weighted by Crippen LogP contribution is 2.29. The van der Waals surface area contributed by atoms with E-state index in [1.165, 1.54) is 24.4 Å². The van der Waals surface area contributed by atoms with Gasteiger partial charge in [0.15, 0.2) is 6.10 Å². The first-order chi connectivity index (χ1) is 17.4. The van der Waals surface area contributed by atoms with E-state index in [2.05, 4.69) is 14.7 Å². The Morgan fingerprint density at radius 2 is 1.59 bits per heavy atom. The minimum absolute atomic E-state index is 0.00147. The van der Waals surface area contributed by atoms with Gasteiger partial charge in [-0.1, -0.05) is 31.2 Å². The Bertz CT molecular complexity index is 1180. The zero-order valence-electron chi connectivity index (χ0n) is 19.3. The molecule has 3 aromatic rings. The van der Waals surface area contributed by atoms with E-state index in [-0.39, 0.29) is 17.4 Å². The molecule has 0 aliphatic carbocycles. The molecule has 0 aliphatic rings. The van der Waals surface area contributed by atoms with Crippen LogP contribution >= 0.6 is 0 Å². The quantitative estimate of drug-likeness (QED) is 0.305. The first-order valence-electron chi connectivity index (χ1n) is 10.9. The molecule has 0 amide bonds. The summed E-state index contributed by atoms with van der Waals surface area (Å²) in [5.74, 6) is -0.473. The van der Waals surface area contributed by atoms with Crippen LogP contribution in [0.2, 0.25) is 0 Å². The van der Waals surface area contributed by atoms with Crippen LogP contribution in [0.5, 0.6) is 17.4 Å². The van der Waals surface area contributed by atoms with E-state index in [1.54, 1.807) is 18.2 Å². The molecule has 1 aromatic heterocycles. The maximum Gasteiger partial charge on any atom is 0.461 e. The van der Waals surface area contributed by atoms with E-state index in [9.17, 15) is 35.8 Å². The third-order valence-corrected chi connectivity index (χ3v) is 4.98. The van der Waals surface area contributed by atoms with Crippen molar-refractivity contribution >= 4 is 5.95 Å². The molecule has 0 spiro atoms. The smallest absolute Gasteiger partial charge is 0.439 e. The van der Waals surface area contributed by atoms with Crippen LogP contribution in [0, 0.1) is 0 Å². The summed E-state index contributed by atoms with van der Waals surface area (Å²) in [7, 11) is 0. The minimum Gasteiger partial charge on any atom is -0.439 e. The monoisotopic (exact) mass is 533 g/mol. The number of aliphatic hydroxyl groups is 1. The lowest BCUT2D eigenvalue weighted by Gasteiger charge is -2.27. The van der Waals surface area contributed by atoms with Gasteiger partial charge in [-0.2, -0.15) is 35.7 Å². The van der Waals surface area contributed by atoms with Crippen molar-refractivity contribution in [2.24, 2.45) is 0 Å². The van der Waals surface area contributed by atoms with Crippen molar-refractivity contribution in [1.82, 2.24) is 9.97 Å². The van der Waals surface area contributed by atoms with Crippen LogP contribution in [0.15, 0.2) is 60.8 Å². The van der Waals surface area contributed by atoms with E-state index < -0.39 is 43.7 Å². The fourth-order valence-electron chi connectivity index (χ4n) is 3.15. The maximum atomic E-state index is 13.3. The first kappa shape index (κ1) is 28.0. The van der Waals surface area contributed by atoms with Gasteiger partial charge in [-0.15, -0.1) is 0 Å². The molecular formula is C24H22F7N3O3. The topological polar surface area (TPSA) is 67.7 Å². The first-order valence-corrected chi connectivity index (χ1v) is 10.9. The van der Waals surface area contributed by atoms with Crippen molar-refractivity contribution in [2.75, 3.05) is 11.4 Å². The molecule has 0 radical (unpaired) electrons. The number of anilines is 1. The molecule has 0 aliphatic heterocycles. The molecule has 3 rings (SSSR count). The van der Waals surface area contributed by atoms with Crippen molar-refractivity contribution in [3.63, 3.8) is 0 Å². The van der Waals surface area contributed by atoms with Gasteiger partial charge in [0.1, 0.15) is 11.5 Å². The summed E-state index contributed by atoms with van der Waals surface area (Å²) in [5, 5.41) is 9.67. The molecule has 1 heterocycles. The van der Waals surface area contributed by atoms with Crippen molar-refractivity contribution in [3.05, 3.63) is 71.9 Å². The molecule has 0 saturated carbocycles. The summed E-state index contributed by atoms with van der Waals surface area (Å²) in [6, 6.07) is 12.9. The van der Waals surface area contributed by atoms with E-state index >= 15 is 0 Å². The number of benzene rings is 2. The number of hydrogen-bond donors (Lipinski definition) is 1. The summed E-state index contributed by atoms with van der Waals surface area (Å²) in [6.07, 6.45) is -14.7. The number of halogens is 7. The van der Waals surface area contributed by atoms with E-state index in [4.69, 9.17) is 4.74 Å². The highest BCUT2D eigenvalue weighted by Gasteiger charge is 2.44. The van der Waals surface area contributed by atoms with Gasteiger partial charge in [0.2, 0.25) is 11.8 Å². The third-order valence-electron chi connectivity index (χ3n) is 4.98. The molecule has 6 nitrogen and oxygen atoms in total. The van der Waals surface area contributed by atoms with Crippen LogP contribution in [0.25, 0.3) is 0 Å². The van der Waals surface area contributed by atoms with Gasteiger partial charge in [-0.25, -0.2) is 4.98 Å². The number of alkyl halides is 7. The van der Waals surface area contributed by atoms with E-state index in [0.717, 1.165) is 29.0 Å².